The highest BCUT2D eigenvalue weighted by molar-refractivity contribution is 5.81. The number of nitrogen functional groups attached to an aromatic ring is 1. The van der Waals surface area contributed by atoms with Crippen LogP contribution in [0, 0.1) is 0 Å². The molecule has 118 valence electrons. The van der Waals surface area contributed by atoms with Gasteiger partial charge in [0.2, 0.25) is 0 Å². The van der Waals surface area contributed by atoms with E-state index in [9.17, 15) is 10.2 Å². The monoisotopic (exact) mass is 307 g/mol. The molecular weight excluding hydrogens is 290 g/mol. The summed E-state index contributed by atoms with van der Waals surface area (Å²) in [6, 6.07) is 0. The van der Waals surface area contributed by atoms with Gasteiger partial charge in [-0.25, -0.2) is 15.0 Å². The molecule has 1 fully saturated rings. The second-order valence-corrected chi connectivity index (χ2v) is 5.10. The zero-order valence-corrected chi connectivity index (χ0v) is 12.0. The van der Waals surface area contributed by atoms with Gasteiger partial charge in [-0.3, -0.25) is 4.57 Å². The largest absolute Gasteiger partial charge is 0.387 e. The SMILES string of the molecule is C=C[C@@]1(O)[C@H](O)[C@@H](COC)O[C@H]1n1cnc2c(N)ncnc21. The summed E-state index contributed by atoms with van der Waals surface area (Å²) in [5.41, 5.74) is 4.82. The molecule has 0 aromatic carbocycles. The summed E-state index contributed by atoms with van der Waals surface area (Å²) in [6.07, 6.45) is 1.09. The van der Waals surface area contributed by atoms with Crippen molar-refractivity contribution in [2.45, 2.75) is 24.0 Å². The highest BCUT2D eigenvalue weighted by Gasteiger charge is 2.54. The fourth-order valence-corrected chi connectivity index (χ4v) is 2.64. The Kier molecular flexibility index (Phi) is 3.57. The number of aliphatic hydroxyl groups excluding tert-OH is 1. The quantitative estimate of drug-likeness (QED) is 0.628. The molecule has 9 heteroatoms. The maximum Gasteiger partial charge on any atom is 0.172 e. The number of hydrogen-bond acceptors (Lipinski definition) is 8. The highest BCUT2D eigenvalue weighted by atomic mass is 16.6. The van der Waals surface area contributed by atoms with E-state index in [-0.39, 0.29) is 12.4 Å². The summed E-state index contributed by atoms with van der Waals surface area (Å²) in [5, 5.41) is 21.1. The van der Waals surface area contributed by atoms with Crippen LogP contribution in [0.3, 0.4) is 0 Å². The Morgan fingerprint density at radius 3 is 3.00 bits per heavy atom. The van der Waals surface area contributed by atoms with Gasteiger partial charge in [0.1, 0.15) is 24.1 Å². The van der Waals surface area contributed by atoms with Gasteiger partial charge in [-0.1, -0.05) is 12.7 Å². The summed E-state index contributed by atoms with van der Waals surface area (Å²) in [7, 11) is 1.48. The lowest BCUT2D eigenvalue weighted by Crippen LogP contribution is -2.45. The Bertz CT molecular complexity index is 705. The van der Waals surface area contributed by atoms with Gasteiger partial charge >= 0.3 is 0 Å². The molecule has 1 aliphatic rings. The maximum atomic E-state index is 10.8. The lowest BCUT2D eigenvalue weighted by molar-refractivity contribution is -0.0787. The molecule has 0 unspecified atom stereocenters. The summed E-state index contributed by atoms with van der Waals surface area (Å²) < 4.78 is 12.2. The minimum atomic E-state index is -1.71. The summed E-state index contributed by atoms with van der Waals surface area (Å²) in [6.45, 7) is 3.72. The molecular formula is C13H17N5O4. The molecule has 0 bridgehead atoms. The number of fused-ring (bicyclic) bond motifs is 1. The predicted octanol–water partition coefficient (Wildman–Crippen LogP) is -0.770. The number of methoxy groups -OCH3 is 1. The molecule has 1 aliphatic heterocycles. The number of nitrogens with two attached hydrogens (primary N) is 1. The van der Waals surface area contributed by atoms with E-state index in [4.69, 9.17) is 15.2 Å². The molecule has 2 aromatic heterocycles. The molecule has 9 nitrogen and oxygen atoms in total. The first kappa shape index (κ1) is 14.9. The number of hydrogen-bond donors (Lipinski definition) is 3. The van der Waals surface area contributed by atoms with Gasteiger partial charge in [-0.2, -0.15) is 0 Å². The van der Waals surface area contributed by atoms with Crippen LogP contribution in [-0.4, -0.2) is 61.3 Å². The van der Waals surface area contributed by atoms with Crippen molar-refractivity contribution in [2.75, 3.05) is 19.5 Å². The Morgan fingerprint density at radius 1 is 1.55 bits per heavy atom. The van der Waals surface area contributed by atoms with Crippen molar-refractivity contribution in [3.8, 4) is 0 Å². The number of rotatable bonds is 4. The van der Waals surface area contributed by atoms with E-state index in [0.29, 0.717) is 11.2 Å². The van der Waals surface area contributed by atoms with Gasteiger partial charge in [0.05, 0.1) is 12.9 Å². The van der Waals surface area contributed by atoms with Crippen LogP contribution in [-0.2, 0) is 9.47 Å². The van der Waals surface area contributed by atoms with Crippen LogP contribution < -0.4 is 5.73 Å². The third-order valence-corrected chi connectivity index (χ3v) is 3.82. The van der Waals surface area contributed by atoms with Crippen molar-refractivity contribution < 1.29 is 19.7 Å². The van der Waals surface area contributed by atoms with Crippen molar-refractivity contribution in [3.63, 3.8) is 0 Å². The van der Waals surface area contributed by atoms with Gasteiger partial charge < -0.3 is 25.4 Å². The van der Waals surface area contributed by atoms with Crippen molar-refractivity contribution >= 4 is 17.0 Å². The summed E-state index contributed by atoms with van der Waals surface area (Å²) >= 11 is 0. The standard InChI is InChI=1S/C13H17N5O4/c1-3-13(20)9(19)7(4-21-2)22-12(13)18-6-17-8-10(14)15-5-16-11(8)18/h3,5-7,9,12,19-20H,1,4H2,2H3,(H2,14,15,16)/t7-,9-,12-,13-/m1/s1. The number of aromatic nitrogens is 4. The summed E-state index contributed by atoms with van der Waals surface area (Å²) in [4.78, 5) is 12.1. The van der Waals surface area contributed by atoms with Crippen LogP contribution in [0.25, 0.3) is 11.2 Å². The van der Waals surface area contributed by atoms with E-state index in [1.54, 1.807) is 0 Å². The molecule has 0 radical (unpaired) electrons. The topological polar surface area (TPSA) is 129 Å². The number of ether oxygens (including phenoxy) is 2. The average Bonchev–Trinajstić information content (AvgIpc) is 3.04. The predicted molar refractivity (Wildman–Crippen MR) is 76.7 cm³/mol. The zero-order chi connectivity index (χ0) is 15.9. The molecule has 0 aliphatic carbocycles. The third kappa shape index (κ3) is 1.98. The minimum absolute atomic E-state index is 0.123. The first-order valence-electron chi connectivity index (χ1n) is 6.64. The number of aliphatic hydroxyl groups is 2. The molecule has 1 saturated heterocycles. The maximum absolute atomic E-state index is 10.8. The van der Waals surface area contributed by atoms with E-state index in [1.807, 2.05) is 0 Å². The van der Waals surface area contributed by atoms with Crippen LogP contribution in [0.2, 0.25) is 0 Å². The average molecular weight is 307 g/mol. The van der Waals surface area contributed by atoms with Crippen LogP contribution in [0.1, 0.15) is 6.23 Å². The van der Waals surface area contributed by atoms with Gasteiger partial charge in [0, 0.05) is 7.11 Å². The lowest BCUT2D eigenvalue weighted by Gasteiger charge is -2.28. The number of anilines is 1. The molecule has 0 spiro atoms. The van der Waals surface area contributed by atoms with Gasteiger partial charge in [-0.15, -0.1) is 0 Å². The van der Waals surface area contributed by atoms with Crippen molar-refractivity contribution in [1.82, 2.24) is 19.5 Å². The second kappa shape index (κ2) is 5.29. The van der Waals surface area contributed by atoms with Crippen molar-refractivity contribution in [2.24, 2.45) is 0 Å². The first-order valence-corrected chi connectivity index (χ1v) is 6.64. The molecule has 4 N–H and O–H groups in total. The van der Waals surface area contributed by atoms with Crippen LogP contribution >= 0.6 is 0 Å². The molecule has 3 heterocycles. The first-order chi connectivity index (χ1) is 10.5. The second-order valence-electron chi connectivity index (χ2n) is 5.10. The van der Waals surface area contributed by atoms with E-state index >= 15 is 0 Å². The minimum Gasteiger partial charge on any atom is -0.387 e. The van der Waals surface area contributed by atoms with E-state index in [1.165, 1.54) is 30.4 Å². The van der Waals surface area contributed by atoms with Crippen LogP contribution in [0.5, 0.6) is 0 Å². The lowest BCUT2D eigenvalue weighted by atomic mass is 9.94. The Balaban J connectivity index is 2.08. The van der Waals surface area contributed by atoms with E-state index in [2.05, 4.69) is 21.5 Å². The molecule has 2 aromatic rings. The van der Waals surface area contributed by atoms with Gasteiger partial charge in [0.25, 0.3) is 0 Å². The number of nitrogens with zero attached hydrogens (tertiary/aromatic N) is 4. The fraction of sp³-hybridized carbons (Fsp3) is 0.462. The fourth-order valence-electron chi connectivity index (χ4n) is 2.64. The third-order valence-electron chi connectivity index (χ3n) is 3.82. The zero-order valence-electron chi connectivity index (χ0n) is 12.0. The Morgan fingerprint density at radius 2 is 2.32 bits per heavy atom. The van der Waals surface area contributed by atoms with Crippen LogP contribution in [0.4, 0.5) is 5.82 Å². The van der Waals surface area contributed by atoms with Gasteiger partial charge in [0.15, 0.2) is 23.3 Å². The molecule has 4 atom stereocenters. The summed E-state index contributed by atoms with van der Waals surface area (Å²) in [5.74, 6) is 0.220. The van der Waals surface area contributed by atoms with Gasteiger partial charge in [-0.05, 0) is 0 Å². The van der Waals surface area contributed by atoms with Crippen molar-refractivity contribution in [3.05, 3.63) is 25.3 Å². The normalized spacial score (nSPS) is 31.7. The Labute approximate surface area is 126 Å². The Hall–Kier alpha value is -2.07. The molecule has 0 amide bonds. The van der Waals surface area contributed by atoms with E-state index < -0.39 is 24.0 Å². The number of imidazole rings is 1. The van der Waals surface area contributed by atoms with Crippen LogP contribution in [0.15, 0.2) is 25.3 Å². The highest BCUT2D eigenvalue weighted by Crippen LogP contribution is 2.40. The van der Waals surface area contributed by atoms with E-state index in [0.717, 1.165) is 0 Å². The molecule has 22 heavy (non-hydrogen) atoms. The smallest absolute Gasteiger partial charge is 0.172 e. The van der Waals surface area contributed by atoms with Crippen molar-refractivity contribution in [1.29, 1.82) is 0 Å². The molecule has 3 rings (SSSR count). The molecule has 0 saturated carbocycles.